The van der Waals surface area contributed by atoms with Gasteiger partial charge in [-0.15, -0.1) is 12.4 Å². The number of carbonyl (C=O) groups excluding carboxylic acids is 1. The van der Waals surface area contributed by atoms with Crippen molar-refractivity contribution in [2.75, 3.05) is 39.5 Å². The Morgan fingerprint density at radius 1 is 1.27 bits per heavy atom. The highest BCUT2D eigenvalue weighted by atomic mass is 35.5. The highest BCUT2D eigenvalue weighted by Gasteiger charge is 2.12. The average Bonchev–Trinajstić information content (AvgIpc) is 2.49. The number of carbonyl (C=O) groups is 1. The van der Waals surface area contributed by atoms with Crippen LogP contribution in [0, 0.1) is 10.1 Å². The first-order chi connectivity index (χ1) is 10.1. The Balaban J connectivity index is 0.00000242. The molecule has 0 unspecified atom stereocenters. The first-order valence-electron chi connectivity index (χ1n) is 6.54. The molecule has 1 aromatic carbocycles. The Morgan fingerprint density at radius 3 is 2.50 bits per heavy atom. The van der Waals surface area contributed by atoms with Gasteiger partial charge in [0.15, 0.2) is 0 Å². The lowest BCUT2D eigenvalue weighted by molar-refractivity contribution is -0.384. The number of hydrogen-bond donors (Lipinski definition) is 0. The summed E-state index contributed by atoms with van der Waals surface area (Å²) in [6, 6.07) is 5.22. The van der Waals surface area contributed by atoms with E-state index in [0.29, 0.717) is 19.8 Å². The number of ether oxygens (including phenoxy) is 3. The molecule has 1 aromatic rings. The normalized spacial score (nSPS) is 14.7. The largest absolute Gasteiger partial charge is 0.513 e. The molecule has 1 saturated heterocycles. The molecule has 0 bridgehead atoms. The fraction of sp³-hybridized carbons (Fsp3) is 0.462. The van der Waals surface area contributed by atoms with E-state index in [0.717, 1.165) is 13.1 Å². The number of nitro benzene ring substituents is 1. The van der Waals surface area contributed by atoms with Gasteiger partial charge in [-0.2, -0.15) is 0 Å². The molecule has 9 heteroatoms. The molecule has 0 amide bonds. The third-order valence-electron chi connectivity index (χ3n) is 2.98. The van der Waals surface area contributed by atoms with Crippen molar-refractivity contribution >= 4 is 24.2 Å². The number of rotatable bonds is 5. The van der Waals surface area contributed by atoms with Gasteiger partial charge in [0.1, 0.15) is 12.4 Å². The smallest absolute Gasteiger partial charge is 0.433 e. The Bertz CT molecular complexity index is 490. The van der Waals surface area contributed by atoms with Crippen LogP contribution in [-0.2, 0) is 9.47 Å². The molecular weight excluding hydrogens is 316 g/mol. The lowest BCUT2D eigenvalue weighted by atomic mass is 10.3. The molecule has 0 aliphatic carbocycles. The van der Waals surface area contributed by atoms with E-state index in [1.54, 1.807) is 0 Å². The van der Waals surface area contributed by atoms with Gasteiger partial charge in [-0.25, -0.2) is 4.79 Å². The molecule has 1 heterocycles. The van der Waals surface area contributed by atoms with Crippen LogP contribution in [-0.4, -0.2) is 55.4 Å². The van der Waals surface area contributed by atoms with E-state index in [4.69, 9.17) is 14.2 Å². The lowest BCUT2D eigenvalue weighted by Gasteiger charge is -2.25. The van der Waals surface area contributed by atoms with Crippen LogP contribution in [0.2, 0.25) is 0 Å². The molecule has 2 rings (SSSR count). The zero-order chi connectivity index (χ0) is 15.1. The van der Waals surface area contributed by atoms with Gasteiger partial charge in [0.25, 0.3) is 5.69 Å². The van der Waals surface area contributed by atoms with Crippen LogP contribution >= 0.6 is 12.4 Å². The van der Waals surface area contributed by atoms with Crippen LogP contribution < -0.4 is 4.74 Å². The SMILES string of the molecule is Cl.O=C(OCCN1CCOCC1)Oc1ccc([N+](=O)[O-])cc1. The maximum Gasteiger partial charge on any atom is 0.513 e. The zero-order valence-corrected chi connectivity index (χ0v) is 12.6. The van der Waals surface area contributed by atoms with Crippen LogP contribution in [0.4, 0.5) is 10.5 Å². The summed E-state index contributed by atoms with van der Waals surface area (Å²) in [4.78, 5) is 23.5. The minimum atomic E-state index is -0.822. The maximum absolute atomic E-state index is 11.5. The molecule has 1 aliphatic rings. The van der Waals surface area contributed by atoms with Crippen molar-refractivity contribution in [2.45, 2.75) is 0 Å². The summed E-state index contributed by atoms with van der Waals surface area (Å²) in [5.74, 6) is 0.206. The quantitative estimate of drug-likeness (QED) is 0.352. The van der Waals surface area contributed by atoms with Crippen LogP contribution in [0.3, 0.4) is 0 Å². The second kappa shape index (κ2) is 9.19. The number of morpholine rings is 1. The second-order valence-corrected chi connectivity index (χ2v) is 4.41. The first-order valence-corrected chi connectivity index (χ1v) is 6.54. The Kier molecular flexibility index (Phi) is 7.58. The van der Waals surface area contributed by atoms with Gasteiger partial charge in [0.2, 0.25) is 0 Å². The van der Waals surface area contributed by atoms with E-state index < -0.39 is 11.1 Å². The van der Waals surface area contributed by atoms with E-state index >= 15 is 0 Å². The summed E-state index contributed by atoms with van der Waals surface area (Å²) in [7, 11) is 0. The Morgan fingerprint density at radius 2 is 1.91 bits per heavy atom. The third-order valence-corrected chi connectivity index (χ3v) is 2.98. The molecule has 0 aromatic heterocycles. The molecule has 1 aliphatic heterocycles. The summed E-state index contributed by atoms with van der Waals surface area (Å²) >= 11 is 0. The number of hydrogen-bond acceptors (Lipinski definition) is 7. The molecule has 0 atom stereocenters. The van der Waals surface area contributed by atoms with E-state index in [9.17, 15) is 14.9 Å². The highest BCUT2D eigenvalue weighted by Crippen LogP contribution is 2.17. The summed E-state index contributed by atoms with van der Waals surface area (Å²) in [5.41, 5.74) is -0.0666. The van der Waals surface area contributed by atoms with Crippen LogP contribution in [0.15, 0.2) is 24.3 Å². The Hall–Kier alpha value is -1.90. The fourth-order valence-electron chi connectivity index (χ4n) is 1.84. The maximum atomic E-state index is 11.5. The van der Waals surface area contributed by atoms with Crippen molar-refractivity contribution in [3.05, 3.63) is 34.4 Å². The van der Waals surface area contributed by atoms with Crippen LogP contribution in [0.5, 0.6) is 5.75 Å². The van der Waals surface area contributed by atoms with E-state index in [1.165, 1.54) is 24.3 Å². The summed E-state index contributed by atoms with van der Waals surface area (Å²) < 4.78 is 15.1. The second-order valence-electron chi connectivity index (χ2n) is 4.41. The Labute approximate surface area is 133 Å². The third kappa shape index (κ3) is 5.84. The molecule has 0 saturated carbocycles. The minimum Gasteiger partial charge on any atom is -0.433 e. The van der Waals surface area contributed by atoms with Crippen molar-refractivity contribution in [1.82, 2.24) is 4.90 Å². The molecule has 8 nitrogen and oxygen atoms in total. The monoisotopic (exact) mass is 332 g/mol. The highest BCUT2D eigenvalue weighted by molar-refractivity contribution is 5.85. The van der Waals surface area contributed by atoms with Gasteiger partial charge in [0.05, 0.1) is 18.1 Å². The number of nitrogens with zero attached hydrogens (tertiary/aromatic N) is 2. The van der Waals surface area contributed by atoms with Gasteiger partial charge in [-0.1, -0.05) is 0 Å². The number of nitro groups is 1. The van der Waals surface area contributed by atoms with Crippen molar-refractivity contribution in [3.63, 3.8) is 0 Å². The fourth-order valence-corrected chi connectivity index (χ4v) is 1.84. The van der Waals surface area contributed by atoms with E-state index in [2.05, 4.69) is 4.90 Å². The minimum absolute atomic E-state index is 0. The topological polar surface area (TPSA) is 91.1 Å². The van der Waals surface area contributed by atoms with Gasteiger partial charge in [0, 0.05) is 31.8 Å². The number of non-ortho nitro benzene ring substituents is 1. The lowest BCUT2D eigenvalue weighted by Crippen LogP contribution is -2.38. The molecular formula is C13H17ClN2O6. The standard InChI is InChI=1S/C13H16N2O6.ClH/c16-13(20-10-7-14-5-8-19-9-6-14)21-12-3-1-11(2-4-12)15(17)18;/h1-4H,5-10H2;1H. The summed E-state index contributed by atoms with van der Waals surface area (Å²) in [6.45, 7) is 3.87. The van der Waals surface area contributed by atoms with Crippen LogP contribution in [0.25, 0.3) is 0 Å². The summed E-state index contributed by atoms with van der Waals surface area (Å²) in [5, 5.41) is 10.5. The first kappa shape index (κ1) is 18.1. The van der Waals surface area contributed by atoms with Gasteiger partial charge in [-0.05, 0) is 12.1 Å². The van der Waals surface area contributed by atoms with Gasteiger partial charge in [-0.3, -0.25) is 15.0 Å². The molecule has 0 spiro atoms. The molecule has 1 fully saturated rings. The molecule has 0 radical (unpaired) electrons. The zero-order valence-electron chi connectivity index (χ0n) is 11.8. The summed E-state index contributed by atoms with van der Waals surface area (Å²) in [6.07, 6.45) is -0.822. The van der Waals surface area contributed by atoms with E-state index in [-0.39, 0.29) is 30.5 Å². The molecule has 122 valence electrons. The number of halogens is 1. The van der Waals surface area contributed by atoms with Crippen molar-refractivity contribution < 1.29 is 23.9 Å². The van der Waals surface area contributed by atoms with E-state index in [1.807, 2.05) is 0 Å². The van der Waals surface area contributed by atoms with Crippen molar-refractivity contribution in [3.8, 4) is 5.75 Å². The van der Waals surface area contributed by atoms with Gasteiger partial charge >= 0.3 is 6.16 Å². The number of benzene rings is 1. The van der Waals surface area contributed by atoms with Crippen molar-refractivity contribution in [2.24, 2.45) is 0 Å². The van der Waals surface area contributed by atoms with Crippen LogP contribution in [0.1, 0.15) is 0 Å². The predicted octanol–water partition coefficient (Wildman–Crippen LogP) is 1.86. The average molecular weight is 333 g/mol. The predicted molar refractivity (Wildman–Crippen MR) is 79.6 cm³/mol. The molecule has 0 N–H and O–H groups in total. The van der Waals surface area contributed by atoms with Crippen molar-refractivity contribution in [1.29, 1.82) is 0 Å². The van der Waals surface area contributed by atoms with Gasteiger partial charge < -0.3 is 14.2 Å². The molecule has 22 heavy (non-hydrogen) atoms.